The van der Waals surface area contributed by atoms with Gasteiger partial charge in [-0.15, -0.1) is 0 Å². The van der Waals surface area contributed by atoms with Crippen LogP contribution in [0.15, 0.2) is 40.8 Å². The van der Waals surface area contributed by atoms with Gasteiger partial charge in [-0.05, 0) is 31.2 Å². The minimum absolute atomic E-state index is 0.204. The molecule has 1 aliphatic heterocycles. The average molecular weight is 310 g/mol. The van der Waals surface area contributed by atoms with Crippen molar-refractivity contribution in [3.05, 3.63) is 59.0 Å². The third-order valence-corrected chi connectivity index (χ3v) is 3.50. The van der Waals surface area contributed by atoms with Gasteiger partial charge in [0.1, 0.15) is 11.5 Å². The number of carbonyl (C=O) groups excluding carboxylic acids is 3. The first-order valence-corrected chi connectivity index (χ1v) is 6.91. The lowest BCUT2D eigenvalue weighted by Crippen LogP contribution is -2.47. The number of aliphatic carboxylic acids is 1. The Morgan fingerprint density at radius 3 is 2.43 bits per heavy atom. The Balaban J connectivity index is 2.15. The molecule has 23 heavy (non-hydrogen) atoms. The van der Waals surface area contributed by atoms with Gasteiger partial charge in [-0.25, -0.2) is 0 Å². The number of furan rings is 1. The summed E-state index contributed by atoms with van der Waals surface area (Å²) in [7, 11) is 0. The molecule has 0 N–H and O–H groups in total. The van der Waals surface area contributed by atoms with Crippen LogP contribution in [0.2, 0.25) is 0 Å². The van der Waals surface area contributed by atoms with Crippen LogP contribution in [-0.4, -0.2) is 29.2 Å². The summed E-state index contributed by atoms with van der Waals surface area (Å²) in [6.07, 6.45) is 1.50. The van der Waals surface area contributed by atoms with Crippen LogP contribution < -0.4 is 5.11 Å². The zero-order valence-electron chi connectivity index (χ0n) is 12.2. The third kappa shape index (κ3) is 2.66. The van der Waals surface area contributed by atoms with E-state index in [1.807, 2.05) is 0 Å². The Hall–Kier alpha value is -3.15. The first-order chi connectivity index (χ1) is 11.0. The van der Waals surface area contributed by atoms with Crippen LogP contribution in [0.5, 0.6) is 0 Å². The maximum absolute atomic E-state index is 12.5. The molecule has 2 heterocycles. The lowest BCUT2D eigenvalue weighted by Gasteiger charge is -2.28. The van der Waals surface area contributed by atoms with E-state index >= 15 is 0 Å². The molecule has 3 rings (SSSR count). The number of imide groups is 1. The van der Waals surface area contributed by atoms with Crippen LogP contribution in [0, 0.1) is 6.92 Å². The average Bonchev–Trinajstić information content (AvgIpc) is 2.93. The summed E-state index contributed by atoms with van der Waals surface area (Å²) in [6.45, 7) is 0.977. The van der Waals surface area contributed by atoms with Crippen LogP contribution in [-0.2, 0) is 9.59 Å². The van der Waals surface area contributed by atoms with Crippen molar-refractivity contribution in [2.75, 3.05) is 6.54 Å². The standard InChI is InChI=1S/C17H13NO5/c1-10-6-7-11(23-10)8-14-12-4-2-3-5-13(12)16(21)18(17(14)22)9-15(19)20/h2-8H,9H2,1H3,(H,19,20)/p-1/b14-8-. The molecule has 2 amide bonds. The molecule has 1 aromatic carbocycles. The Morgan fingerprint density at radius 2 is 1.83 bits per heavy atom. The molecule has 0 atom stereocenters. The van der Waals surface area contributed by atoms with Crippen molar-refractivity contribution in [3.8, 4) is 0 Å². The van der Waals surface area contributed by atoms with Gasteiger partial charge in [0.05, 0.1) is 18.1 Å². The number of rotatable bonds is 3. The molecule has 0 saturated carbocycles. The van der Waals surface area contributed by atoms with Gasteiger partial charge < -0.3 is 14.3 Å². The van der Waals surface area contributed by atoms with Crippen LogP contribution in [0.3, 0.4) is 0 Å². The van der Waals surface area contributed by atoms with Gasteiger partial charge in [0, 0.05) is 11.1 Å². The van der Waals surface area contributed by atoms with E-state index in [0.717, 1.165) is 0 Å². The van der Waals surface area contributed by atoms with Gasteiger partial charge in [-0.1, -0.05) is 18.2 Å². The highest BCUT2D eigenvalue weighted by atomic mass is 16.4. The fraction of sp³-hybridized carbons (Fsp3) is 0.118. The van der Waals surface area contributed by atoms with Crippen LogP contribution in [0.1, 0.15) is 27.4 Å². The second kappa shape index (κ2) is 5.57. The minimum Gasteiger partial charge on any atom is -0.548 e. The molecule has 1 aliphatic rings. The molecule has 0 unspecified atom stereocenters. The highest BCUT2D eigenvalue weighted by molar-refractivity contribution is 6.34. The van der Waals surface area contributed by atoms with Crippen molar-refractivity contribution in [1.29, 1.82) is 0 Å². The Morgan fingerprint density at radius 1 is 1.13 bits per heavy atom. The van der Waals surface area contributed by atoms with Gasteiger partial charge in [-0.3, -0.25) is 14.5 Å². The van der Waals surface area contributed by atoms with Gasteiger partial charge in [0.15, 0.2) is 0 Å². The normalized spacial score (nSPS) is 15.9. The van der Waals surface area contributed by atoms with E-state index in [1.165, 1.54) is 6.08 Å². The van der Waals surface area contributed by atoms with Crippen LogP contribution in [0.25, 0.3) is 11.6 Å². The maximum Gasteiger partial charge on any atom is 0.261 e. The Kier molecular flexibility index (Phi) is 3.57. The largest absolute Gasteiger partial charge is 0.548 e. The van der Waals surface area contributed by atoms with Crippen molar-refractivity contribution >= 4 is 29.4 Å². The predicted molar refractivity (Wildman–Crippen MR) is 78.8 cm³/mol. The topological polar surface area (TPSA) is 90.6 Å². The van der Waals surface area contributed by atoms with Gasteiger partial charge in [-0.2, -0.15) is 0 Å². The molecule has 0 spiro atoms. The maximum atomic E-state index is 12.5. The molecule has 0 aliphatic carbocycles. The highest BCUT2D eigenvalue weighted by Gasteiger charge is 2.34. The van der Waals surface area contributed by atoms with Gasteiger partial charge >= 0.3 is 0 Å². The number of nitrogens with zero attached hydrogens (tertiary/aromatic N) is 1. The zero-order chi connectivity index (χ0) is 16.6. The number of carboxylic acids is 1. The lowest BCUT2D eigenvalue weighted by atomic mass is 9.93. The number of carbonyl (C=O) groups is 3. The summed E-state index contributed by atoms with van der Waals surface area (Å²) in [6, 6.07) is 9.98. The first-order valence-electron chi connectivity index (χ1n) is 6.91. The smallest absolute Gasteiger partial charge is 0.261 e. The van der Waals surface area contributed by atoms with E-state index in [1.54, 1.807) is 43.3 Å². The number of fused-ring (bicyclic) bond motifs is 1. The molecule has 0 bridgehead atoms. The summed E-state index contributed by atoms with van der Waals surface area (Å²) in [5, 5.41) is 10.8. The van der Waals surface area contributed by atoms with E-state index in [0.29, 0.717) is 22.0 Å². The number of aryl methyl sites for hydroxylation is 1. The summed E-state index contributed by atoms with van der Waals surface area (Å²) in [5.41, 5.74) is 0.921. The number of amides is 2. The predicted octanol–water partition coefficient (Wildman–Crippen LogP) is 0.861. The SMILES string of the molecule is Cc1ccc(/C=C2\C(=O)N(CC(=O)[O-])C(=O)c3ccccc32)o1. The van der Waals surface area contributed by atoms with Crippen LogP contribution in [0.4, 0.5) is 0 Å². The van der Waals surface area contributed by atoms with Crippen molar-refractivity contribution < 1.29 is 23.9 Å². The van der Waals surface area contributed by atoms with Crippen LogP contribution >= 0.6 is 0 Å². The van der Waals surface area contributed by atoms with E-state index in [-0.39, 0.29) is 11.1 Å². The molecule has 0 fully saturated rings. The number of hydrogen-bond acceptors (Lipinski definition) is 5. The molecular weight excluding hydrogens is 298 g/mol. The van der Waals surface area contributed by atoms with E-state index < -0.39 is 24.3 Å². The fourth-order valence-electron chi connectivity index (χ4n) is 2.49. The van der Waals surface area contributed by atoms with Crippen molar-refractivity contribution in [2.45, 2.75) is 6.92 Å². The molecule has 0 radical (unpaired) electrons. The fourth-order valence-corrected chi connectivity index (χ4v) is 2.49. The number of hydrogen-bond donors (Lipinski definition) is 0. The molecule has 6 nitrogen and oxygen atoms in total. The van der Waals surface area contributed by atoms with E-state index in [9.17, 15) is 19.5 Å². The molecule has 2 aromatic rings. The molecular formula is C17H12NO5-. The summed E-state index contributed by atoms with van der Waals surface area (Å²) < 4.78 is 5.43. The van der Waals surface area contributed by atoms with Gasteiger partial charge in [0.25, 0.3) is 11.8 Å². The molecule has 1 aromatic heterocycles. The number of carboxylic acid groups (broad SMARTS) is 1. The second-order valence-corrected chi connectivity index (χ2v) is 5.12. The van der Waals surface area contributed by atoms with E-state index in [4.69, 9.17) is 4.42 Å². The zero-order valence-corrected chi connectivity index (χ0v) is 12.2. The molecule has 116 valence electrons. The van der Waals surface area contributed by atoms with Crippen molar-refractivity contribution in [2.24, 2.45) is 0 Å². The highest BCUT2D eigenvalue weighted by Crippen LogP contribution is 2.30. The second-order valence-electron chi connectivity index (χ2n) is 5.12. The lowest BCUT2D eigenvalue weighted by molar-refractivity contribution is -0.305. The molecule has 6 heteroatoms. The Labute approximate surface area is 131 Å². The Bertz CT molecular complexity index is 846. The van der Waals surface area contributed by atoms with E-state index in [2.05, 4.69) is 0 Å². The summed E-state index contributed by atoms with van der Waals surface area (Å²) >= 11 is 0. The third-order valence-electron chi connectivity index (χ3n) is 3.50. The van der Waals surface area contributed by atoms with Crippen molar-refractivity contribution in [1.82, 2.24) is 4.90 Å². The van der Waals surface area contributed by atoms with Gasteiger partial charge in [0.2, 0.25) is 0 Å². The quantitative estimate of drug-likeness (QED) is 0.619. The summed E-state index contributed by atoms with van der Waals surface area (Å²) in [4.78, 5) is 36.4. The number of benzene rings is 1. The first kappa shape index (κ1) is 14.8. The summed E-state index contributed by atoms with van der Waals surface area (Å²) in [5.74, 6) is -1.71. The molecule has 0 saturated heterocycles. The monoisotopic (exact) mass is 310 g/mol. The minimum atomic E-state index is -1.50. The van der Waals surface area contributed by atoms with Crippen molar-refractivity contribution in [3.63, 3.8) is 0 Å².